The van der Waals surface area contributed by atoms with Crippen LogP contribution in [0.25, 0.3) is 0 Å². The number of nitrogens with one attached hydrogen (secondary N) is 1. The van der Waals surface area contributed by atoms with Crippen molar-refractivity contribution in [2.45, 2.75) is 32.9 Å². The van der Waals surface area contributed by atoms with Crippen LogP contribution in [-0.2, 0) is 5.75 Å². The summed E-state index contributed by atoms with van der Waals surface area (Å²) in [5, 5.41) is 3.43. The quantitative estimate of drug-likeness (QED) is 0.706. The zero-order valence-corrected chi connectivity index (χ0v) is 11.4. The third-order valence-electron chi connectivity index (χ3n) is 2.29. The normalized spacial score (nSPS) is 10.8. The van der Waals surface area contributed by atoms with Gasteiger partial charge in [0.05, 0.1) is 0 Å². The van der Waals surface area contributed by atoms with Crippen molar-refractivity contribution in [2.75, 3.05) is 17.6 Å². The molecule has 0 amide bonds. The van der Waals surface area contributed by atoms with Gasteiger partial charge in [0.15, 0.2) is 0 Å². The molecule has 0 aliphatic rings. The van der Waals surface area contributed by atoms with Crippen molar-refractivity contribution in [3.8, 4) is 0 Å². The van der Waals surface area contributed by atoms with E-state index in [-0.39, 0.29) is 0 Å². The molecule has 90 valence electrons. The van der Waals surface area contributed by atoms with E-state index < -0.39 is 0 Å². The first-order valence-corrected chi connectivity index (χ1v) is 7.28. The largest absolute Gasteiger partial charge is 0.385 e. The predicted molar refractivity (Wildman–Crippen MR) is 76.2 cm³/mol. The Morgan fingerprint density at radius 2 is 1.88 bits per heavy atom. The van der Waals surface area contributed by atoms with Crippen molar-refractivity contribution in [3.05, 3.63) is 29.8 Å². The fourth-order valence-corrected chi connectivity index (χ4v) is 2.24. The summed E-state index contributed by atoms with van der Waals surface area (Å²) >= 11 is 2.01. The molecule has 1 rings (SSSR count). The summed E-state index contributed by atoms with van der Waals surface area (Å²) in [6.45, 7) is 7.72. The van der Waals surface area contributed by atoms with Crippen LogP contribution in [0.5, 0.6) is 0 Å². The maximum Gasteiger partial charge on any atom is 0.0340 e. The Hall–Kier alpha value is -0.630. The number of hydrogen-bond acceptors (Lipinski definition) is 2. The summed E-state index contributed by atoms with van der Waals surface area (Å²) in [5.74, 6) is 3.09. The van der Waals surface area contributed by atoms with E-state index in [9.17, 15) is 0 Å². The molecule has 2 heteroatoms. The summed E-state index contributed by atoms with van der Waals surface area (Å²) in [6, 6.07) is 8.82. The number of thioether (sulfide) groups is 1. The highest BCUT2D eigenvalue weighted by Crippen LogP contribution is 2.16. The Labute approximate surface area is 104 Å². The average molecular weight is 237 g/mol. The minimum Gasteiger partial charge on any atom is -0.385 e. The van der Waals surface area contributed by atoms with Crippen LogP contribution in [0.1, 0.15) is 32.8 Å². The molecule has 0 aromatic heterocycles. The fraction of sp³-hybridized carbons (Fsp3) is 0.571. The zero-order chi connectivity index (χ0) is 11.8. The molecule has 1 N–H and O–H groups in total. The van der Waals surface area contributed by atoms with E-state index in [1.165, 1.54) is 23.4 Å². The van der Waals surface area contributed by atoms with Crippen molar-refractivity contribution in [2.24, 2.45) is 5.92 Å². The third-order valence-corrected chi connectivity index (χ3v) is 3.52. The van der Waals surface area contributed by atoms with Gasteiger partial charge in [0.2, 0.25) is 0 Å². The van der Waals surface area contributed by atoms with Crippen LogP contribution in [0.2, 0.25) is 0 Å². The summed E-state index contributed by atoms with van der Waals surface area (Å²) in [6.07, 6.45) is 1.26. The number of hydrogen-bond donors (Lipinski definition) is 1. The molecule has 0 saturated heterocycles. The van der Waals surface area contributed by atoms with Gasteiger partial charge in [-0.05, 0) is 35.8 Å². The fourth-order valence-electron chi connectivity index (χ4n) is 1.38. The molecule has 0 atom stereocenters. The summed E-state index contributed by atoms with van der Waals surface area (Å²) in [5.41, 5.74) is 2.66. The second-order valence-corrected chi connectivity index (χ2v) is 5.63. The predicted octanol–water partition coefficient (Wildman–Crippen LogP) is 4.40. The van der Waals surface area contributed by atoms with Crippen LogP contribution in [0, 0.1) is 5.92 Å². The molecule has 1 nitrogen and oxygen atoms in total. The van der Waals surface area contributed by atoms with E-state index in [1.54, 1.807) is 0 Å². The summed E-state index contributed by atoms with van der Waals surface area (Å²) in [7, 11) is 0. The average Bonchev–Trinajstić information content (AvgIpc) is 2.28. The van der Waals surface area contributed by atoms with Crippen molar-refractivity contribution in [1.82, 2.24) is 0 Å². The summed E-state index contributed by atoms with van der Waals surface area (Å²) < 4.78 is 0. The molecule has 0 aliphatic heterocycles. The van der Waals surface area contributed by atoms with Crippen molar-refractivity contribution in [3.63, 3.8) is 0 Å². The number of rotatable bonds is 7. The first-order chi connectivity index (χ1) is 7.72. The summed E-state index contributed by atoms with van der Waals surface area (Å²) in [4.78, 5) is 0. The molecular weight excluding hydrogens is 214 g/mol. The molecule has 0 radical (unpaired) electrons. The topological polar surface area (TPSA) is 12.0 Å². The Morgan fingerprint density at radius 3 is 2.44 bits per heavy atom. The van der Waals surface area contributed by atoms with Gasteiger partial charge < -0.3 is 5.32 Å². The maximum atomic E-state index is 3.43. The van der Waals surface area contributed by atoms with Crippen molar-refractivity contribution >= 4 is 17.4 Å². The van der Waals surface area contributed by atoms with Gasteiger partial charge in [-0.1, -0.05) is 32.9 Å². The Bertz CT molecular complexity index is 279. The molecule has 0 spiro atoms. The van der Waals surface area contributed by atoms with E-state index in [0.29, 0.717) is 5.92 Å². The molecule has 1 aromatic carbocycles. The molecule has 0 fully saturated rings. The number of anilines is 1. The van der Waals surface area contributed by atoms with Crippen LogP contribution < -0.4 is 5.32 Å². The van der Waals surface area contributed by atoms with Crippen LogP contribution in [0.4, 0.5) is 5.69 Å². The molecule has 0 saturated carbocycles. The first kappa shape index (κ1) is 13.4. The van der Waals surface area contributed by atoms with Gasteiger partial charge in [-0.15, -0.1) is 0 Å². The van der Waals surface area contributed by atoms with E-state index >= 15 is 0 Å². The van der Waals surface area contributed by atoms with Crippen LogP contribution in [-0.4, -0.2) is 12.3 Å². The van der Waals surface area contributed by atoms with Gasteiger partial charge in [-0.3, -0.25) is 0 Å². The SMILES string of the molecule is CCCSCc1ccc(NCC(C)C)cc1. The third kappa shape index (κ3) is 5.45. The van der Waals surface area contributed by atoms with E-state index in [4.69, 9.17) is 0 Å². The number of benzene rings is 1. The van der Waals surface area contributed by atoms with Gasteiger partial charge in [0.25, 0.3) is 0 Å². The molecule has 0 aliphatic carbocycles. The zero-order valence-electron chi connectivity index (χ0n) is 10.6. The molecule has 0 heterocycles. The van der Waals surface area contributed by atoms with Gasteiger partial charge in [-0.25, -0.2) is 0 Å². The lowest BCUT2D eigenvalue weighted by Crippen LogP contribution is -2.07. The van der Waals surface area contributed by atoms with E-state index in [0.717, 1.165) is 12.3 Å². The second-order valence-electron chi connectivity index (χ2n) is 4.52. The highest BCUT2D eigenvalue weighted by molar-refractivity contribution is 7.98. The molecule has 1 aromatic rings. The van der Waals surface area contributed by atoms with Crippen molar-refractivity contribution in [1.29, 1.82) is 0 Å². The highest BCUT2D eigenvalue weighted by atomic mass is 32.2. The minimum absolute atomic E-state index is 0.694. The lowest BCUT2D eigenvalue weighted by atomic mass is 10.2. The van der Waals surface area contributed by atoms with Gasteiger partial charge >= 0.3 is 0 Å². The van der Waals surface area contributed by atoms with Crippen LogP contribution in [0.3, 0.4) is 0 Å². The Kier molecular flexibility index (Phi) is 6.39. The van der Waals surface area contributed by atoms with Gasteiger partial charge in [-0.2, -0.15) is 11.8 Å². The van der Waals surface area contributed by atoms with Crippen LogP contribution in [0.15, 0.2) is 24.3 Å². The Morgan fingerprint density at radius 1 is 1.19 bits per heavy atom. The molecule has 0 unspecified atom stereocenters. The molecule has 0 bridgehead atoms. The maximum absolute atomic E-state index is 3.43. The first-order valence-electron chi connectivity index (χ1n) is 6.13. The highest BCUT2D eigenvalue weighted by Gasteiger charge is 1.96. The van der Waals surface area contributed by atoms with E-state index in [2.05, 4.69) is 50.4 Å². The lowest BCUT2D eigenvalue weighted by molar-refractivity contribution is 0.689. The standard InChI is InChI=1S/C14H23NS/c1-4-9-16-11-13-5-7-14(8-6-13)15-10-12(2)3/h5-8,12,15H,4,9-11H2,1-3H3. The van der Waals surface area contributed by atoms with Gasteiger partial charge in [0, 0.05) is 18.0 Å². The smallest absolute Gasteiger partial charge is 0.0340 e. The van der Waals surface area contributed by atoms with E-state index in [1.807, 2.05) is 11.8 Å². The van der Waals surface area contributed by atoms with Crippen molar-refractivity contribution < 1.29 is 0 Å². The van der Waals surface area contributed by atoms with Gasteiger partial charge in [0.1, 0.15) is 0 Å². The Balaban J connectivity index is 2.35. The van der Waals surface area contributed by atoms with Crippen LogP contribution >= 0.6 is 11.8 Å². The molecule has 16 heavy (non-hydrogen) atoms. The second kappa shape index (κ2) is 7.61. The monoisotopic (exact) mass is 237 g/mol. The lowest BCUT2D eigenvalue weighted by Gasteiger charge is -2.09. The minimum atomic E-state index is 0.694. The molecular formula is C14H23NS.